The zero-order valence-corrected chi connectivity index (χ0v) is 14.5. The van der Waals surface area contributed by atoms with Gasteiger partial charge < -0.3 is 10.1 Å². The van der Waals surface area contributed by atoms with Crippen LogP contribution in [0.2, 0.25) is 0 Å². The van der Waals surface area contributed by atoms with Gasteiger partial charge in [0, 0.05) is 25.6 Å². The van der Waals surface area contributed by atoms with Gasteiger partial charge in [-0.05, 0) is 50.6 Å². The van der Waals surface area contributed by atoms with E-state index in [1.165, 1.54) is 0 Å². The van der Waals surface area contributed by atoms with Crippen molar-refractivity contribution < 1.29 is 13.2 Å². The van der Waals surface area contributed by atoms with E-state index in [2.05, 4.69) is 5.32 Å². The summed E-state index contributed by atoms with van der Waals surface area (Å²) in [7, 11) is -1.55. The predicted octanol–water partition coefficient (Wildman–Crippen LogP) is 1.80. The molecule has 0 bridgehead atoms. The molecule has 2 aliphatic rings. The Morgan fingerprint density at radius 1 is 1.41 bits per heavy atom. The van der Waals surface area contributed by atoms with Gasteiger partial charge in [-0.25, -0.2) is 8.42 Å². The molecular weight excluding hydrogens is 324 g/mol. The van der Waals surface area contributed by atoms with Crippen molar-refractivity contribution in [2.45, 2.75) is 43.2 Å². The lowest BCUT2D eigenvalue weighted by atomic mass is 10.1. The molecule has 0 spiro atoms. The van der Waals surface area contributed by atoms with E-state index in [0.29, 0.717) is 18.0 Å². The van der Waals surface area contributed by atoms with Gasteiger partial charge in [-0.2, -0.15) is 4.31 Å². The Morgan fingerprint density at radius 3 is 2.91 bits per heavy atom. The first-order valence-electron chi connectivity index (χ1n) is 7.48. The van der Waals surface area contributed by atoms with Gasteiger partial charge in [0.1, 0.15) is 11.9 Å². The Hall–Kier alpha value is -0.820. The Morgan fingerprint density at radius 2 is 2.18 bits per heavy atom. The molecule has 1 N–H and O–H groups in total. The highest BCUT2D eigenvalue weighted by molar-refractivity contribution is 7.89. The first-order chi connectivity index (χ1) is 10.0. The van der Waals surface area contributed by atoms with Gasteiger partial charge in [-0.1, -0.05) is 0 Å². The van der Waals surface area contributed by atoms with Crippen LogP contribution in [0.4, 0.5) is 0 Å². The normalized spacial score (nSPS) is 24.6. The van der Waals surface area contributed by atoms with Crippen LogP contribution in [0.15, 0.2) is 23.1 Å². The van der Waals surface area contributed by atoms with Gasteiger partial charge in [0.05, 0.1) is 4.90 Å². The molecule has 124 valence electrons. The maximum Gasteiger partial charge on any atom is 0.243 e. The molecule has 2 atom stereocenters. The van der Waals surface area contributed by atoms with Crippen LogP contribution in [0.5, 0.6) is 5.75 Å². The van der Waals surface area contributed by atoms with Crippen molar-refractivity contribution in [2.75, 3.05) is 20.1 Å². The number of rotatable bonds is 4. The number of nitrogens with one attached hydrogen (secondary N) is 1. The molecule has 2 heterocycles. The van der Waals surface area contributed by atoms with Crippen molar-refractivity contribution >= 4 is 22.4 Å². The number of likely N-dealkylation sites (N-methyl/N-ethyl adjacent to an activating group) is 1. The molecule has 1 saturated heterocycles. The van der Waals surface area contributed by atoms with E-state index >= 15 is 0 Å². The molecule has 1 aromatic carbocycles. The molecule has 0 aliphatic carbocycles. The monoisotopic (exact) mass is 346 g/mol. The Labute approximate surface area is 138 Å². The SMILES string of the molecule is CNCC1CCCN1S(=O)(=O)c1ccc2c(c1)CC(C)O2.Cl. The molecule has 7 heteroatoms. The van der Waals surface area contributed by atoms with Gasteiger partial charge in [-0.3, -0.25) is 0 Å². The largest absolute Gasteiger partial charge is 0.490 e. The van der Waals surface area contributed by atoms with Crippen LogP contribution < -0.4 is 10.1 Å². The number of halogens is 1. The molecule has 0 radical (unpaired) electrons. The maximum absolute atomic E-state index is 12.9. The highest BCUT2D eigenvalue weighted by Crippen LogP contribution is 2.33. The van der Waals surface area contributed by atoms with Gasteiger partial charge in [0.25, 0.3) is 0 Å². The third-order valence-corrected chi connectivity index (χ3v) is 6.18. The average molecular weight is 347 g/mol. The molecule has 2 aliphatic heterocycles. The third-order valence-electron chi connectivity index (χ3n) is 4.24. The zero-order valence-electron chi connectivity index (χ0n) is 12.9. The van der Waals surface area contributed by atoms with Crippen LogP contribution in [0.3, 0.4) is 0 Å². The number of hydrogen-bond acceptors (Lipinski definition) is 4. The summed E-state index contributed by atoms with van der Waals surface area (Å²) in [5, 5.41) is 3.08. The van der Waals surface area contributed by atoms with Crippen molar-refractivity contribution in [2.24, 2.45) is 0 Å². The van der Waals surface area contributed by atoms with Crippen LogP contribution in [0, 0.1) is 0 Å². The quantitative estimate of drug-likeness (QED) is 0.903. The summed E-state index contributed by atoms with van der Waals surface area (Å²) in [6.07, 6.45) is 2.75. The second-order valence-corrected chi connectivity index (χ2v) is 7.76. The topological polar surface area (TPSA) is 58.6 Å². The summed E-state index contributed by atoms with van der Waals surface area (Å²) in [5.41, 5.74) is 0.993. The zero-order chi connectivity index (χ0) is 15.0. The van der Waals surface area contributed by atoms with E-state index in [1.54, 1.807) is 22.5 Å². The highest BCUT2D eigenvalue weighted by atomic mass is 35.5. The number of benzene rings is 1. The van der Waals surface area contributed by atoms with Gasteiger partial charge >= 0.3 is 0 Å². The summed E-state index contributed by atoms with van der Waals surface area (Å²) < 4.78 is 33.0. The summed E-state index contributed by atoms with van der Waals surface area (Å²) in [6, 6.07) is 5.29. The minimum Gasteiger partial charge on any atom is -0.490 e. The van der Waals surface area contributed by atoms with Gasteiger partial charge in [0.2, 0.25) is 10.0 Å². The number of hydrogen-bond donors (Lipinski definition) is 1. The molecular formula is C15H23ClN2O3S. The summed E-state index contributed by atoms with van der Waals surface area (Å²) in [4.78, 5) is 0.391. The lowest BCUT2D eigenvalue weighted by Gasteiger charge is -2.24. The van der Waals surface area contributed by atoms with E-state index < -0.39 is 10.0 Å². The minimum absolute atomic E-state index is 0. The number of fused-ring (bicyclic) bond motifs is 1. The van der Waals surface area contributed by atoms with Crippen molar-refractivity contribution in [1.82, 2.24) is 9.62 Å². The first-order valence-corrected chi connectivity index (χ1v) is 8.92. The molecule has 22 heavy (non-hydrogen) atoms. The fourth-order valence-electron chi connectivity index (χ4n) is 3.26. The number of ether oxygens (including phenoxy) is 1. The highest BCUT2D eigenvalue weighted by Gasteiger charge is 2.35. The number of nitrogens with zero attached hydrogens (tertiary/aromatic N) is 1. The second-order valence-electron chi connectivity index (χ2n) is 5.87. The molecule has 1 aromatic rings. The first kappa shape index (κ1) is 17.5. The Balaban J connectivity index is 0.00000176. The fraction of sp³-hybridized carbons (Fsp3) is 0.600. The van der Waals surface area contributed by atoms with E-state index in [9.17, 15) is 8.42 Å². The van der Waals surface area contributed by atoms with E-state index in [0.717, 1.165) is 30.6 Å². The van der Waals surface area contributed by atoms with Crippen LogP contribution in [0.25, 0.3) is 0 Å². The van der Waals surface area contributed by atoms with Crippen LogP contribution >= 0.6 is 12.4 Å². The lowest BCUT2D eigenvalue weighted by Crippen LogP contribution is -2.40. The maximum atomic E-state index is 12.9. The van der Waals surface area contributed by atoms with Crippen LogP contribution in [-0.2, 0) is 16.4 Å². The van der Waals surface area contributed by atoms with Crippen molar-refractivity contribution in [3.63, 3.8) is 0 Å². The van der Waals surface area contributed by atoms with E-state index in [-0.39, 0.29) is 24.6 Å². The van der Waals surface area contributed by atoms with Crippen molar-refractivity contribution in [1.29, 1.82) is 0 Å². The molecule has 5 nitrogen and oxygen atoms in total. The van der Waals surface area contributed by atoms with Gasteiger partial charge in [-0.15, -0.1) is 12.4 Å². The summed E-state index contributed by atoms with van der Waals surface area (Å²) in [6.45, 7) is 3.31. The lowest BCUT2D eigenvalue weighted by molar-refractivity contribution is 0.254. The summed E-state index contributed by atoms with van der Waals surface area (Å²) in [5.74, 6) is 0.814. The second kappa shape index (κ2) is 6.74. The van der Waals surface area contributed by atoms with Gasteiger partial charge in [0.15, 0.2) is 0 Å². The number of sulfonamides is 1. The third kappa shape index (κ3) is 3.11. The molecule has 0 saturated carbocycles. The molecule has 1 fully saturated rings. The fourth-order valence-corrected chi connectivity index (χ4v) is 5.00. The Kier molecular flexibility index (Phi) is 5.37. The average Bonchev–Trinajstić information content (AvgIpc) is 3.03. The standard InChI is InChI=1S/C15H22N2O3S.ClH/c1-11-8-12-9-14(5-6-15(12)20-11)21(18,19)17-7-3-4-13(17)10-16-2;/h5-6,9,11,13,16H,3-4,7-8,10H2,1-2H3;1H. The molecule has 0 amide bonds. The van der Waals surface area contributed by atoms with Crippen LogP contribution in [0.1, 0.15) is 25.3 Å². The summed E-state index contributed by atoms with van der Waals surface area (Å²) >= 11 is 0. The van der Waals surface area contributed by atoms with Crippen molar-refractivity contribution in [3.05, 3.63) is 23.8 Å². The molecule has 3 rings (SSSR count). The van der Waals surface area contributed by atoms with Crippen molar-refractivity contribution in [3.8, 4) is 5.75 Å². The van der Waals surface area contributed by atoms with E-state index in [1.807, 2.05) is 14.0 Å². The smallest absolute Gasteiger partial charge is 0.243 e. The Bertz CT molecular complexity index is 636. The molecule has 2 unspecified atom stereocenters. The molecule has 0 aromatic heterocycles. The minimum atomic E-state index is -3.41. The predicted molar refractivity (Wildman–Crippen MR) is 88.3 cm³/mol. The van der Waals surface area contributed by atoms with Crippen LogP contribution in [-0.4, -0.2) is 45.0 Å². The van der Waals surface area contributed by atoms with E-state index in [4.69, 9.17) is 4.74 Å².